The Hall–Kier alpha value is -3.41. The van der Waals surface area contributed by atoms with Gasteiger partial charge in [-0.1, -0.05) is 36.4 Å². The van der Waals surface area contributed by atoms with Crippen LogP contribution in [0.5, 0.6) is 0 Å². The number of hydrogen-bond acceptors (Lipinski definition) is 5. The van der Waals surface area contributed by atoms with Gasteiger partial charge in [0.15, 0.2) is 0 Å². The number of carbonyl (C=O) groups excluding carboxylic acids is 1. The highest BCUT2D eigenvalue weighted by molar-refractivity contribution is 5.89. The Balaban J connectivity index is 1.98. The van der Waals surface area contributed by atoms with Crippen molar-refractivity contribution in [1.29, 1.82) is 0 Å². The normalized spacial score (nSPS) is 10.4. The van der Waals surface area contributed by atoms with Crippen molar-refractivity contribution in [2.24, 2.45) is 0 Å². The van der Waals surface area contributed by atoms with E-state index in [0.29, 0.717) is 5.95 Å². The molecule has 28 heavy (non-hydrogen) atoms. The van der Waals surface area contributed by atoms with E-state index in [1.54, 1.807) is 0 Å². The van der Waals surface area contributed by atoms with Crippen LogP contribution in [-0.2, 0) is 4.79 Å². The number of aromatic nitrogens is 2. The summed E-state index contributed by atoms with van der Waals surface area (Å²) in [7, 11) is 0. The van der Waals surface area contributed by atoms with Crippen LogP contribution in [0, 0.1) is 0 Å². The van der Waals surface area contributed by atoms with E-state index in [-0.39, 0.29) is 5.91 Å². The first-order valence-corrected chi connectivity index (χ1v) is 9.43. The average Bonchev–Trinajstić information content (AvgIpc) is 2.69. The van der Waals surface area contributed by atoms with Crippen LogP contribution in [0.25, 0.3) is 11.3 Å². The van der Waals surface area contributed by atoms with Gasteiger partial charge < -0.3 is 15.5 Å². The molecule has 144 valence electrons. The molecule has 0 atom stereocenters. The van der Waals surface area contributed by atoms with Crippen LogP contribution in [-0.4, -0.2) is 29.0 Å². The van der Waals surface area contributed by atoms with Gasteiger partial charge in [0.1, 0.15) is 5.82 Å². The Kier molecular flexibility index (Phi) is 6.22. The van der Waals surface area contributed by atoms with Crippen LogP contribution in [0.1, 0.15) is 20.8 Å². The average molecular weight is 375 g/mol. The molecule has 3 aromatic rings. The fraction of sp³-hybridized carbons (Fsp3) is 0.227. The third-order valence-electron chi connectivity index (χ3n) is 4.31. The van der Waals surface area contributed by atoms with Gasteiger partial charge in [0.2, 0.25) is 11.9 Å². The summed E-state index contributed by atoms with van der Waals surface area (Å²) >= 11 is 0. The lowest BCUT2D eigenvalue weighted by atomic mass is 10.1. The van der Waals surface area contributed by atoms with Gasteiger partial charge in [0, 0.05) is 43.0 Å². The summed E-state index contributed by atoms with van der Waals surface area (Å²) in [4.78, 5) is 22.9. The van der Waals surface area contributed by atoms with Crippen molar-refractivity contribution >= 4 is 29.0 Å². The highest BCUT2D eigenvalue weighted by atomic mass is 16.1. The van der Waals surface area contributed by atoms with Gasteiger partial charge in [0.05, 0.1) is 5.69 Å². The molecule has 1 amide bonds. The molecule has 2 aromatic carbocycles. The first-order chi connectivity index (χ1) is 13.6. The number of hydrogen-bond donors (Lipinski definition) is 2. The zero-order valence-electron chi connectivity index (χ0n) is 16.4. The summed E-state index contributed by atoms with van der Waals surface area (Å²) in [6, 6.07) is 19.6. The van der Waals surface area contributed by atoms with Crippen molar-refractivity contribution in [2.75, 3.05) is 28.6 Å². The third-order valence-corrected chi connectivity index (χ3v) is 4.31. The van der Waals surface area contributed by atoms with E-state index in [4.69, 9.17) is 9.97 Å². The van der Waals surface area contributed by atoms with Crippen LogP contribution in [0.3, 0.4) is 0 Å². The number of nitrogens with zero attached hydrogens (tertiary/aromatic N) is 3. The zero-order valence-corrected chi connectivity index (χ0v) is 16.4. The molecule has 0 aliphatic heterocycles. The monoisotopic (exact) mass is 375 g/mol. The van der Waals surface area contributed by atoms with E-state index in [2.05, 4.69) is 29.4 Å². The van der Waals surface area contributed by atoms with Crippen molar-refractivity contribution in [2.45, 2.75) is 20.8 Å². The van der Waals surface area contributed by atoms with Gasteiger partial charge in [0.25, 0.3) is 0 Å². The van der Waals surface area contributed by atoms with Crippen LogP contribution < -0.4 is 15.5 Å². The molecule has 0 saturated carbocycles. The number of benzene rings is 2. The molecule has 1 aromatic heterocycles. The molecular formula is C22H25N5O. The molecule has 0 aliphatic carbocycles. The van der Waals surface area contributed by atoms with Gasteiger partial charge in [-0.3, -0.25) is 4.79 Å². The van der Waals surface area contributed by atoms with Gasteiger partial charge in [-0.2, -0.15) is 4.98 Å². The van der Waals surface area contributed by atoms with Crippen molar-refractivity contribution in [1.82, 2.24) is 9.97 Å². The van der Waals surface area contributed by atoms with Gasteiger partial charge in [-0.15, -0.1) is 0 Å². The fourth-order valence-electron chi connectivity index (χ4n) is 2.96. The van der Waals surface area contributed by atoms with Crippen LogP contribution in [0.2, 0.25) is 0 Å². The zero-order chi connectivity index (χ0) is 19.9. The molecule has 0 fully saturated rings. The summed E-state index contributed by atoms with van der Waals surface area (Å²) in [6.07, 6.45) is 0. The molecule has 0 unspecified atom stereocenters. The van der Waals surface area contributed by atoms with Gasteiger partial charge in [-0.25, -0.2) is 4.98 Å². The lowest BCUT2D eigenvalue weighted by Crippen LogP contribution is -2.23. The molecule has 0 spiro atoms. The molecule has 6 nitrogen and oxygen atoms in total. The van der Waals surface area contributed by atoms with Gasteiger partial charge >= 0.3 is 0 Å². The Morgan fingerprint density at radius 3 is 2.32 bits per heavy atom. The van der Waals surface area contributed by atoms with Crippen molar-refractivity contribution < 1.29 is 4.79 Å². The number of amides is 1. The maximum Gasteiger partial charge on any atom is 0.229 e. The Morgan fingerprint density at radius 1 is 0.929 bits per heavy atom. The first kappa shape index (κ1) is 19.4. The smallest absolute Gasteiger partial charge is 0.229 e. The molecule has 0 bridgehead atoms. The summed E-state index contributed by atoms with van der Waals surface area (Å²) in [6.45, 7) is 7.43. The summed E-state index contributed by atoms with van der Waals surface area (Å²) in [5, 5.41) is 6.06. The molecule has 0 radical (unpaired) electrons. The topological polar surface area (TPSA) is 70.2 Å². The SMILES string of the molecule is CCN(CC)c1cc(-c2ccccc2)nc(Nc2cccc(NC(C)=O)c2)n1. The van der Waals surface area contributed by atoms with Crippen molar-refractivity contribution in [3.05, 3.63) is 60.7 Å². The fourth-order valence-corrected chi connectivity index (χ4v) is 2.96. The molecule has 6 heteroatoms. The minimum Gasteiger partial charge on any atom is -0.357 e. The number of anilines is 4. The molecule has 3 rings (SSSR count). The van der Waals surface area contributed by atoms with Crippen LogP contribution >= 0.6 is 0 Å². The predicted octanol–water partition coefficient (Wildman–Crippen LogP) is 4.69. The second-order valence-corrected chi connectivity index (χ2v) is 6.36. The highest BCUT2D eigenvalue weighted by Gasteiger charge is 2.11. The maximum atomic E-state index is 11.3. The maximum absolute atomic E-state index is 11.3. The van der Waals surface area contributed by atoms with Crippen molar-refractivity contribution in [3.63, 3.8) is 0 Å². The lowest BCUT2D eigenvalue weighted by Gasteiger charge is -2.21. The Labute approximate surface area is 165 Å². The standard InChI is InChI=1S/C22H25N5O/c1-4-27(5-2)21-15-20(17-10-7-6-8-11-17)25-22(26-21)24-19-13-9-12-18(14-19)23-16(3)28/h6-15H,4-5H2,1-3H3,(H,23,28)(H,24,25,26). The largest absolute Gasteiger partial charge is 0.357 e. The first-order valence-electron chi connectivity index (χ1n) is 9.43. The van der Waals surface area contributed by atoms with Crippen LogP contribution in [0.4, 0.5) is 23.1 Å². The van der Waals surface area contributed by atoms with E-state index >= 15 is 0 Å². The van der Waals surface area contributed by atoms with E-state index in [9.17, 15) is 4.79 Å². The van der Waals surface area contributed by atoms with Gasteiger partial charge in [-0.05, 0) is 32.0 Å². The second kappa shape index (κ2) is 8.99. The minimum atomic E-state index is -0.108. The molecule has 2 N–H and O–H groups in total. The number of carbonyl (C=O) groups is 1. The highest BCUT2D eigenvalue weighted by Crippen LogP contribution is 2.25. The lowest BCUT2D eigenvalue weighted by molar-refractivity contribution is -0.114. The van der Waals surface area contributed by atoms with E-state index in [1.807, 2.05) is 60.7 Å². The minimum absolute atomic E-state index is 0.108. The predicted molar refractivity (Wildman–Crippen MR) is 115 cm³/mol. The van der Waals surface area contributed by atoms with Crippen molar-refractivity contribution in [3.8, 4) is 11.3 Å². The number of nitrogens with one attached hydrogen (secondary N) is 2. The Bertz CT molecular complexity index is 939. The van der Waals surface area contributed by atoms with Crippen LogP contribution in [0.15, 0.2) is 60.7 Å². The molecule has 0 saturated heterocycles. The molecular weight excluding hydrogens is 350 g/mol. The summed E-state index contributed by atoms with van der Waals surface area (Å²) in [5.74, 6) is 1.28. The quantitative estimate of drug-likeness (QED) is 0.627. The number of rotatable bonds is 7. The summed E-state index contributed by atoms with van der Waals surface area (Å²) in [5.41, 5.74) is 3.43. The van der Waals surface area contributed by atoms with E-state index in [0.717, 1.165) is 41.5 Å². The van der Waals surface area contributed by atoms with E-state index < -0.39 is 0 Å². The third kappa shape index (κ3) is 4.85. The van der Waals surface area contributed by atoms with E-state index in [1.165, 1.54) is 6.92 Å². The molecule has 0 aliphatic rings. The Morgan fingerprint density at radius 2 is 1.64 bits per heavy atom. The second-order valence-electron chi connectivity index (χ2n) is 6.36. The summed E-state index contributed by atoms with van der Waals surface area (Å²) < 4.78 is 0. The molecule has 1 heterocycles.